The van der Waals surface area contributed by atoms with Gasteiger partial charge in [0.2, 0.25) is 0 Å². The van der Waals surface area contributed by atoms with E-state index in [0.29, 0.717) is 36.9 Å². The second-order valence-corrected chi connectivity index (χ2v) is 10.7. The zero-order valence-electron chi connectivity index (χ0n) is 20.1. The zero-order chi connectivity index (χ0) is 26.7. The second kappa shape index (κ2) is 11.6. The van der Waals surface area contributed by atoms with Crippen LogP contribution in [0.5, 0.6) is 11.5 Å². The van der Waals surface area contributed by atoms with E-state index in [1.807, 2.05) is 44.2 Å². The Morgan fingerprint density at radius 2 is 1.81 bits per heavy atom. The highest BCUT2D eigenvalue weighted by Gasteiger charge is 2.33. The van der Waals surface area contributed by atoms with Crippen LogP contribution in [0.4, 0.5) is 11.4 Å². The number of rotatable bonds is 7. The van der Waals surface area contributed by atoms with E-state index in [2.05, 4.69) is 5.32 Å². The van der Waals surface area contributed by atoms with E-state index >= 15 is 0 Å². The molecule has 1 saturated heterocycles. The summed E-state index contributed by atoms with van der Waals surface area (Å²) in [6.45, 7) is 3.56. The predicted molar refractivity (Wildman–Crippen MR) is 155 cm³/mol. The van der Waals surface area contributed by atoms with Crippen LogP contribution in [0.15, 0.2) is 59.5 Å². The number of carbonyl (C=O) groups is 2. The Bertz CT molecular complexity index is 1420. The number of methoxy groups -OCH3 is 1. The molecule has 190 valence electrons. The number of carbonyl (C=O) groups excluding carboxylic acids is 2. The normalized spacial score (nSPS) is 14.3. The van der Waals surface area contributed by atoms with Gasteiger partial charge in [0.25, 0.3) is 11.8 Å². The molecule has 3 aromatic rings. The van der Waals surface area contributed by atoms with Crippen LogP contribution in [0.1, 0.15) is 16.7 Å². The highest BCUT2D eigenvalue weighted by Crippen LogP contribution is 2.40. The molecule has 0 spiro atoms. The number of ether oxygens (including phenoxy) is 2. The third kappa shape index (κ3) is 6.27. The van der Waals surface area contributed by atoms with Crippen molar-refractivity contribution in [2.75, 3.05) is 23.9 Å². The maximum atomic E-state index is 13.1. The molecule has 1 aliphatic rings. The fourth-order valence-corrected chi connectivity index (χ4v) is 5.26. The van der Waals surface area contributed by atoms with Gasteiger partial charge in [-0.15, -0.1) is 0 Å². The van der Waals surface area contributed by atoms with E-state index in [1.54, 1.807) is 30.3 Å². The van der Waals surface area contributed by atoms with Gasteiger partial charge in [0.1, 0.15) is 0 Å². The molecule has 0 saturated carbocycles. The highest BCUT2D eigenvalue weighted by atomic mass is 35.5. The van der Waals surface area contributed by atoms with Gasteiger partial charge in [0.05, 0.1) is 22.7 Å². The summed E-state index contributed by atoms with van der Waals surface area (Å²) in [5, 5.41) is 3.51. The van der Waals surface area contributed by atoms with Gasteiger partial charge in [-0.1, -0.05) is 70.9 Å². The van der Waals surface area contributed by atoms with Crippen molar-refractivity contribution in [2.24, 2.45) is 0 Å². The van der Waals surface area contributed by atoms with Gasteiger partial charge < -0.3 is 14.8 Å². The zero-order valence-corrected chi connectivity index (χ0v) is 23.3. The molecular formula is C27H22Cl2N2O4S2. The molecule has 1 N–H and O–H groups in total. The Hall–Kier alpha value is -3.04. The average molecular weight is 574 g/mol. The molecule has 6 nitrogen and oxygen atoms in total. The van der Waals surface area contributed by atoms with E-state index < -0.39 is 0 Å². The van der Waals surface area contributed by atoms with Crippen molar-refractivity contribution in [2.45, 2.75) is 13.8 Å². The standard InChI is InChI=1S/C27H22Cl2N2O4S2/c1-15-4-8-19(9-5-15)31-26(33)23(37-27(31)36)12-17-10-21(29)25(22(11-17)34-3)35-14-24(32)30-18-7-6-16(2)20(28)13-18/h4-13H,14H2,1-3H3,(H,30,32)/b23-12-. The minimum Gasteiger partial charge on any atom is -0.493 e. The van der Waals surface area contributed by atoms with Crippen molar-refractivity contribution in [3.63, 3.8) is 0 Å². The Labute approximate surface area is 234 Å². The van der Waals surface area contributed by atoms with Gasteiger partial charge in [-0.3, -0.25) is 14.5 Å². The predicted octanol–water partition coefficient (Wildman–Crippen LogP) is 7.04. The number of aryl methyl sites for hydroxylation is 2. The molecule has 4 rings (SSSR count). The lowest BCUT2D eigenvalue weighted by Crippen LogP contribution is -2.27. The first-order valence-electron chi connectivity index (χ1n) is 11.1. The molecule has 2 amide bonds. The van der Waals surface area contributed by atoms with Crippen LogP contribution in [0.2, 0.25) is 10.0 Å². The number of halogens is 2. The largest absolute Gasteiger partial charge is 0.493 e. The molecule has 0 atom stereocenters. The first-order valence-corrected chi connectivity index (χ1v) is 13.1. The summed E-state index contributed by atoms with van der Waals surface area (Å²) in [6.07, 6.45) is 1.69. The van der Waals surface area contributed by atoms with E-state index in [1.165, 1.54) is 23.8 Å². The number of hydrogen-bond acceptors (Lipinski definition) is 6. The van der Waals surface area contributed by atoms with Crippen molar-refractivity contribution in [3.05, 3.63) is 86.2 Å². The van der Waals surface area contributed by atoms with Gasteiger partial charge in [0.15, 0.2) is 22.4 Å². The van der Waals surface area contributed by atoms with E-state index in [0.717, 1.165) is 11.1 Å². The minimum atomic E-state index is -0.387. The summed E-state index contributed by atoms with van der Waals surface area (Å²) in [4.78, 5) is 27.4. The monoisotopic (exact) mass is 572 g/mol. The minimum absolute atomic E-state index is 0.214. The van der Waals surface area contributed by atoms with E-state index in [9.17, 15) is 9.59 Å². The molecule has 0 radical (unpaired) electrons. The van der Waals surface area contributed by atoms with E-state index in [4.69, 9.17) is 44.9 Å². The summed E-state index contributed by atoms with van der Waals surface area (Å²) in [6, 6.07) is 16.1. The maximum Gasteiger partial charge on any atom is 0.270 e. The lowest BCUT2D eigenvalue weighted by atomic mass is 10.1. The maximum absolute atomic E-state index is 13.1. The van der Waals surface area contributed by atoms with Crippen molar-refractivity contribution in [3.8, 4) is 11.5 Å². The fourth-order valence-electron chi connectivity index (χ4n) is 3.50. The Balaban J connectivity index is 1.49. The molecule has 1 fully saturated rings. The third-order valence-corrected chi connectivity index (χ3v) is 7.43. The number of thiocarbonyl (C=S) groups is 1. The Kier molecular flexibility index (Phi) is 8.44. The smallest absolute Gasteiger partial charge is 0.270 e. The van der Waals surface area contributed by atoms with Crippen molar-refractivity contribution in [1.82, 2.24) is 0 Å². The molecule has 0 aliphatic carbocycles. The second-order valence-electron chi connectivity index (χ2n) is 8.19. The number of amides is 2. The van der Waals surface area contributed by atoms with Gasteiger partial charge in [-0.05, 0) is 67.4 Å². The molecule has 0 unspecified atom stereocenters. The number of hydrogen-bond donors (Lipinski definition) is 1. The van der Waals surface area contributed by atoms with Crippen LogP contribution in [0.25, 0.3) is 6.08 Å². The molecule has 1 aliphatic heterocycles. The molecule has 0 bridgehead atoms. The fraction of sp³-hybridized carbons (Fsp3) is 0.148. The quantitative estimate of drug-likeness (QED) is 0.242. The Morgan fingerprint density at radius 1 is 1.08 bits per heavy atom. The van der Waals surface area contributed by atoms with Crippen molar-refractivity contribution >= 4 is 80.8 Å². The summed E-state index contributed by atoms with van der Waals surface area (Å²) < 4.78 is 11.6. The number of benzene rings is 3. The molecule has 0 aromatic heterocycles. The summed E-state index contributed by atoms with van der Waals surface area (Å²) in [7, 11) is 1.47. The summed E-state index contributed by atoms with van der Waals surface area (Å²) in [5.74, 6) is -0.0754. The summed E-state index contributed by atoms with van der Waals surface area (Å²) >= 11 is 19.2. The first-order chi connectivity index (χ1) is 17.7. The third-order valence-electron chi connectivity index (χ3n) is 5.44. The van der Waals surface area contributed by atoms with Crippen LogP contribution >= 0.6 is 47.2 Å². The SMILES string of the molecule is COc1cc(/C=C2\SC(=S)N(c3ccc(C)cc3)C2=O)cc(Cl)c1OCC(=O)Nc1ccc(C)c(Cl)c1. The summed E-state index contributed by atoms with van der Waals surface area (Å²) in [5.41, 5.74) is 3.88. The van der Waals surface area contributed by atoms with Crippen LogP contribution < -0.4 is 19.7 Å². The van der Waals surface area contributed by atoms with Gasteiger partial charge in [0, 0.05) is 10.7 Å². The number of anilines is 2. The molecule has 3 aromatic carbocycles. The van der Waals surface area contributed by atoms with Gasteiger partial charge in [-0.2, -0.15) is 0 Å². The van der Waals surface area contributed by atoms with Crippen LogP contribution in [-0.2, 0) is 9.59 Å². The lowest BCUT2D eigenvalue weighted by Gasteiger charge is -2.14. The number of nitrogens with zero attached hydrogens (tertiary/aromatic N) is 1. The number of nitrogens with one attached hydrogen (secondary N) is 1. The van der Waals surface area contributed by atoms with Crippen LogP contribution in [0, 0.1) is 13.8 Å². The van der Waals surface area contributed by atoms with Crippen LogP contribution in [-0.4, -0.2) is 29.9 Å². The van der Waals surface area contributed by atoms with E-state index in [-0.39, 0.29) is 29.2 Å². The van der Waals surface area contributed by atoms with Gasteiger partial charge in [-0.25, -0.2) is 0 Å². The molecule has 1 heterocycles. The van der Waals surface area contributed by atoms with Crippen LogP contribution in [0.3, 0.4) is 0 Å². The lowest BCUT2D eigenvalue weighted by molar-refractivity contribution is -0.118. The molecule has 10 heteroatoms. The highest BCUT2D eigenvalue weighted by molar-refractivity contribution is 8.27. The Morgan fingerprint density at radius 3 is 2.49 bits per heavy atom. The van der Waals surface area contributed by atoms with Crippen molar-refractivity contribution < 1.29 is 19.1 Å². The first kappa shape index (κ1) is 27.0. The average Bonchev–Trinajstić information content (AvgIpc) is 3.13. The molecule has 37 heavy (non-hydrogen) atoms. The van der Waals surface area contributed by atoms with Crippen molar-refractivity contribution in [1.29, 1.82) is 0 Å². The van der Waals surface area contributed by atoms with Gasteiger partial charge >= 0.3 is 0 Å². The molecular weight excluding hydrogens is 551 g/mol. The topological polar surface area (TPSA) is 67.9 Å². The number of thioether (sulfide) groups is 1.